The van der Waals surface area contributed by atoms with Crippen LogP contribution in [0.4, 0.5) is 13.2 Å². The van der Waals surface area contributed by atoms with Crippen LogP contribution in [0, 0.1) is 0 Å². The van der Waals surface area contributed by atoms with Crippen LogP contribution in [0.2, 0.25) is 0 Å². The summed E-state index contributed by atoms with van der Waals surface area (Å²) in [6.07, 6.45) is -3.91. The molecule has 16 heavy (non-hydrogen) atoms. The summed E-state index contributed by atoms with van der Waals surface area (Å²) in [7, 11) is 0. The van der Waals surface area contributed by atoms with Crippen molar-refractivity contribution < 1.29 is 22.7 Å². The highest BCUT2D eigenvalue weighted by atomic mass is 32.2. The molecule has 1 unspecified atom stereocenters. The zero-order valence-corrected chi connectivity index (χ0v) is 10.3. The van der Waals surface area contributed by atoms with Crippen LogP contribution in [-0.2, 0) is 9.53 Å². The lowest BCUT2D eigenvalue weighted by atomic mass is 10.3. The molecule has 0 saturated carbocycles. The number of rotatable bonds is 7. The molecule has 0 aliphatic heterocycles. The standard InChI is InChI=1S/C10H17F3O2S/c1-3-8(7-15-9(14)4-2)16-6-5-10(11,12)13/h8H,3-7H2,1-2H3. The van der Waals surface area contributed by atoms with Gasteiger partial charge in [-0.05, 0) is 6.42 Å². The van der Waals surface area contributed by atoms with E-state index < -0.39 is 12.6 Å². The zero-order valence-electron chi connectivity index (χ0n) is 9.47. The number of carbonyl (C=O) groups is 1. The van der Waals surface area contributed by atoms with E-state index in [1.165, 1.54) is 11.8 Å². The minimum absolute atomic E-state index is 0.0195. The number of hydrogen-bond donors (Lipinski definition) is 0. The summed E-state index contributed by atoms with van der Waals surface area (Å²) in [4.78, 5) is 10.9. The minimum Gasteiger partial charge on any atom is -0.465 e. The van der Waals surface area contributed by atoms with E-state index in [1.54, 1.807) is 6.92 Å². The molecule has 0 spiro atoms. The minimum atomic E-state index is -4.11. The molecule has 1 atom stereocenters. The van der Waals surface area contributed by atoms with E-state index in [-0.39, 0.29) is 23.6 Å². The van der Waals surface area contributed by atoms with E-state index in [4.69, 9.17) is 4.74 Å². The molecule has 0 radical (unpaired) electrons. The Balaban J connectivity index is 3.71. The van der Waals surface area contributed by atoms with Crippen LogP contribution in [-0.4, -0.2) is 29.8 Å². The van der Waals surface area contributed by atoms with Crippen molar-refractivity contribution >= 4 is 17.7 Å². The second kappa shape index (κ2) is 7.81. The summed E-state index contributed by atoms with van der Waals surface area (Å²) in [5, 5.41) is -0.0437. The molecule has 0 aliphatic carbocycles. The summed E-state index contributed by atoms with van der Waals surface area (Å²) in [6.45, 7) is 3.75. The maximum absolute atomic E-state index is 11.9. The van der Waals surface area contributed by atoms with E-state index in [9.17, 15) is 18.0 Å². The van der Waals surface area contributed by atoms with Crippen molar-refractivity contribution in [2.45, 2.75) is 44.5 Å². The molecule has 96 valence electrons. The lowest BCUT2D eigenvalue weighted by molar-refractivity contribution is -0.143. The molecule has 0 fully saturated rings. The van der Waals surface area contributed by atoms with Crippen LogP contribution in [0.3, 0.4) is 0 Å². The Morgan fingerprint density at radius 3 is 2.44 bits per heavy atom. The van der Waals surface area contributed by atoms with Gasteiger partial charge in [0.15, 0.2) is 0 Å². The van der Waals surface area contributed by atoms with Crippen LogP contribution in [0.25, 0.3) is 0 Å². The van der Waals surface area contributed by atoms with Gasteiger partial charge in [0.25, 0.3) is 0 Å². The van der Waals surface area contributed by atoms with E-state index in [2.05, 4.69) is 0 Å². The second-order valence-corrected chi connectivity index (χ2v) is 4.71. The fraction of sp³-hybridized carbons (Fsp3) is 0.900. The van der Waals surface area contributed by atoms with Gasteiger partial charge in [-0.2, -0.15) is 24.9 Å². The first-order chi connectivity index (χ1) is 7.39. The molecule has 0 aromatic carbocycles. The predicted octanol–water partition coefficient (Wildman–Crippen LogP) is 3.40. The Kier molecular flexibility index (Phi) is 7.62. The third-order valence-electron chi connectivity index (χ3n) is 1.91. The van der Waals surface area contributed by atoms with Crippen molar-refractivity contribution in [2.24, 2.45) is 0 Å². The van der Waals surface area contributed by atoms with Crippen molar-refractivity contribution in [1.82, 2.24) is 0 Å². The lowest BCUT2D eigenvalue weighted by Gasteiger charge is -2.15. The Hall–Kier alpha value is -0.390. The van der Waals surface area contributed by atoms with Gasteiger partial charge in [-0.3, -0.25) is 4.79 Å². The van der Waals surface area contributed by atoms with Gasteiger partial charge in [0, 0.05) is 17.4 Å². The number of ether oxygens (including phenoxy) is 1. The van der Waals surface area contributed by atoms with Crippen LogP contribution < -0.4 is 0 Å². The van der Waals surface area contributed by atoms with Crippen LogP contribution in [0.5, 0.6) is 0 Å². The van der Waals surface area contributed by atoms with Crippen LogP contribution in [0.1, 0.15) is 33.1 Å². The van der Waals surface area contributed by atoms with Crippen molar-refractivity contribution in [3.05, 3.63) is 0 Å². The van der Waals surface area contributed by atoms with Crippen molar-refractivity contribution in [1.29, 1.82) is 0 Å². The third kappa shape index (κ3) is 8.88. The van der Waals surface area contributed by atoms with E-state index in [0.29, 0.717) is 12.8 Å². The van der Waals surface area contributed by atoms with Crippen molar-refractivity contribution in [3.8, 4) is 0 Å². The average molecular weight is 258 g/mol. The van der Waals surface area contributed by atoms with Crippen LogP contribution >= 0.6 is 11.8 Å². The molecule has 0 amide bonds. The highest BCUT2D eigenvalue weighted by Gasteiger charge is 2.26. The fourth-order valence-corrected chi connectivity index (χ4v) is 2.00. The fourth-order valence-electron chi connectivity index (χ4n) is 0.913. The summed E-state index contributed by atoms with van der Waals surface area (Å²) in [5.41, 5.74) is 0. The number of thioether (sulfide) groups is 1. The SMILES string of the molecule is CCC(=O)OCC(CC)SCCC(F)(F)F. The maximum Gasteiger partial charge on any atom is 0.389 e. The third-order valence-corrected chi connectivity index (χ3v) is 3.29. The maximum atomic E-state index is 11.9. The molecular weight excluding hydrogens is 241 g/mol. The zero-order chi connectivity index (χ0) is 12.6. The van der Waals surface area contributed by atoms with Crippen molar-refractivity contribution in [2.75, 3.05) is 12.4 Å². The van der Waals surface area contributed by atoms with E-state index in [0.717, 1.165) is 0 Å². The first-order valence-corrected chi connectivity index (χ1v) is 6.27. The molecule has 6 heteroatoms. The normalized spacial score (nSPS) is 13.6. The van der Waals surface area contributed by atoms with Gasteiger partial charge < -0.3 is 4.74 Å². The molecule has 0 heterocycles. The Bertz CT molecular complexity index is 207. The molecule has 2 nitrogen and oxygen atoms in total. The molecule has 0 aliphatic rings. The highest BCUT2D eigenvalue weighted by Crippen LogP contribution is 2.24. The summed E-state index contributed by atoms with van der Waals surface area (Å²) in [5.74, 6) is -0.291. The average Bonchev–Trinajstić information content (AvgIpc) is 2.20. The molecular formula is C10H17F3O2S. The highest BCUT2D eigenvalue weighted by molar-refractivity contribution is 7.99. The molecule has 0 N–H and O–H groups in total. The second-order valence-electron chi connectivity index (χ2n) is 3.30. The smallest absolute Gasteiger partial charge is 0.389 e. The number of halogens is 3. The number of alkyl halides is 3. The van der Waals surface area contributed by atoms with E-state index in [1.807, 2.05) is 6.92 Å². The largest absolute Gasteiger partial charge is 0.465 e. The molecule has 0 bridgehead atoms. The molecule has 0 saturated heterocycles. The summed E-state index contributed by atoms with van der Waals surface area (Å²) < 4.78 is 40.5. The van der Waals surface area contributed by atoms with Gasteiger partial charge in [-0.1, -0.05) is 13.8 Å². The van der Waals surface area contributed by atoms with Gasteiger partial charge in [-0.15, -0.1) is 0 Å². The molecule has 0 aromatic heterocycles. The predicted molar refractivity (Wildman–Crippen MR) is 58.5 cm³/mol. The Morgan fingerprint density at radius 1 is 1.38 bits per heavy atom. The molecule has 0 rings (SSSR count). The Labute approximate surface area is 97.9 Å². The van der Waals surface area contributed by atoms with E-state index >= 15 is 0 Å². The number of esters is 1. The van der Waals surface area contributed by atoms with Gasteiger partial charge in [0.1, 0.15) is 6.61 Å². The van der Waals surface area contributed by atoms with Gasteiger partial charge in [0.05, 0.1) is 6.42 Å². The van der Waals surface area contributed by atoms with Crippen molar-refractivity contribution in [3.63, 3.8) is 0 Å². The number of hydrogen-bond acceptors (Lipinski definition) is 3. The molecule has 0 aromatic rings. The van der Waals surface area contributed by atoms with Gasteiger partial charge >= 0.3 is 12.1 Å². The number of carbonyl (C=O) groups excluding carboxylic acids is 1. The van der Waals surface area contributed by atoms with Gasteiger partial charge in [0.2, 0.25) is 0 Å². The van der Waals surface area contributed by atoms with Gasteiger partial charge in [-0.25, -0.2) is 0 Å². The van der Waals surface area contributed by atoms with Crippen LogP contribution in [0.15, 0.2) is 0 Å². The summed E-state index contributed by atoms with van der Waals surface area (Å²) >= 11 is 1.20. The quantitative estimate of drug-likeness (QED) is 0.655. The lowest BCUT2D eigenvalue weighted by Crippen LogP contribution is -2.17. The first-order valence-electron chi connectivity index (χ1n) is 5.23. The Morgan fingerprint density at radius 2 is 2.00 bits per heavy atom. The monoisotopic (exact) mass is 258 g/mol. The topological polar surface area (TPSA) is 26.3 Å². The summed E-state index contributed by atoms with van der Waals surface area (Å²) in [6, 6.07) is 0. The first kappa shape index (κ1) is 15.6.